The quantitative estimate of drug-likeness (QED) is 0.690. The Morgan fingerprint density at radius 3 is 2.84 bits per heavy atom. The lowest BCUT2D eigenvalue weighted by Gasteiger charge is -2.08. The molecule has 0 aliphatic rings. The van der Waals surface area contributed by atoms with Crippen molar-refractivity contribution >= 4 is 21.8 Å². The highest BCUT2D eigenvalue weighted by Crippen LogP contribution is 2.19. The Labute approximate surface area is 155 Å². The van der Waals surface area contributed by atoms with E-state index in [1.54, 1.807) is 23.3 Å². The number of nitrogens with one attached hydrogen (secondary N) is 1. The summed E-state index contributed by atoms with van der Waals surface area (Å²) in [7, 11) is 1.89. The van der Waals surface area contributed by atoms with Crippen molar-refractivity contribution in [3.8, 4) is 11.3 Å². The molecule has 1 amide bonds. The van der Waals surface area contributed by atoms with Gasteiger partial charge in [-0.1, -0.05) is 34.1 Å². The van der Waals surface area contributed by atoms with E-state index in [2.05, 4.69) is 31.3 Å². The number of aryl methyl sites for hydroxylation is 2. The zero-order valence-electron chi connectivity index (χ0n) is 13.9. The second-order valence-corrected chi connectivity index (χ2v) is 6.64. The number of benzene rings is 1. The molecule has 128 valence electrons. The summed E-state index contributed by atoms with van der Waals surface area (Å²) in [5.41, 5.74) is 4.08. The van der Waals surface area contributed by atoms with Gasteiger partial charge in [0.05, 0.1) is 5.69 Å². The molecule has 1 N–H and O–H groups in total. The van der Waals surface area contributed by atoms with Crippen LogP contribution >= 0.6 is 15.9 Å². The molecule has 0 aliphatic heterocycles. The number of carbonyl (C=O) groups excluding carboxylic acids is 1. The summed E-state index contributed by atoms with van der Waals surface area (Å²) < 4.78 is 2.84. The monoisotopic (exact) mass is 398 g/mol. The lowest BCUT2D eigenvalue weighted by atomic mass is 10.1. The van der Waals surface area contributed by atoms with Gasteiger partial charge in [0.15, 0.2) is 0 Å². The van der Waals surface area contributed by atoms with Crippen molar-refractivity contribution in [2.75, 3.05) is 0 Å². The summed E-state index contributed by atoms with van der Waals surface area (Å²) in [6, 6.07) is 11.9. The molecule has 0 saturated carbocycles. The molecule has 0 bridgehead atoms. The first-order chi connectivity index (χ1) is 12.1. The number of rotatable bonds is 6. The van der Waals surface area contributed by atoms with Gasteiger partial charge in [-0.3, -0.25) is 14.5 Å². The van der Waals surface area contributed by atoms with E-state index < -0.39 is 0 Å². The Hall–Kier alpha value is -2.47. The number of aromatic nitrogens is 3. The van der Waals surface area contributed by atoms with E-state index in [1.165, 1.54) is 0 Å². The summed E-state index contributed by atoms with van der Waals surface area (Å²) in [6.45, 7) is 0.466. The van der Waals surface area contributed by atoms with Crippen molar-refractivity contribution in [3.05, 3.63) is 70.6 Å². The van der Waals surface area contributed by atoms with Crippen LogP contribution in [0.1, 0.15) is 17.5 Å². The summed E-state index contributed by atoms with van der Waals surface area (Å²) in [5, 5.41) is 7.13. The molecule has 1 aromatic carbocycles. The Morgan fingerprint density at radius 2 is 2.08 bits per heavy atom. The van der Waals surface area contributed by atoms with E-state index in [0.29, 0.717) is 19.4 Å². The molecule has 3 rings (SSSR count). The fourth-order valence-electron chi connectivity index (χ4n) is 2.62. The van der Waals surface area contributed by atoms with Crippen LogP contribution < -0.4 is 5.32 Å². The summed E-state index contributed by atoms with van der Waals surface area (Å²) in [6.07, 6.45) is 6.49. The van der Waals surface area contributed by atoms with Gasteiger partial charge >= 0.3 is 0 Å². The molecule has 0 aliphatic carbocycles. The molecule has 6 heteroatoms. The van der Waals surface area contributed by atoms with Gasteiger partial charge in [0.1, 0.15) is 0 Å². The molecule has 0 unspecified atom stereocenters. The third kappa shape index (κ3) is 4.54. The Morgan fingerprint density at radius 1 is 1.24 bits per heavy atom. The maximum absolute atomic E-state index is 12.1. The van der Waals surface area contributed by atoms with E-state index in [0.717, 1.165) is 26.9 Å². The SMILES string of the molecule is Cn1nccc1-c1cncc(CNC(=O)CCc2ccccc2Br)c1. The molecular weight excluding hydrogens is 380 g/mol. The van der Waals surface area contributed by atoms with Gasteiger partial charge in [-0.2, -0.15) is 5.10 Å². The van der Waals surface area contributed by atoms with Crippen molar-refractivity contribution < 1.29 is 4.79 Å². The van der Waals surface area contributed by atoms with Gasteiger partial charge in [0.25, 0.3) is 0 Å². The lowest BCUT2D eigenvalue weighted by Crippen LogP contribution is -2.23. The zero-order valence-corrected chi connectivity index (χ0v) is 15.5. The highest BCUT2D eigenvalue weighted by molar-refractivity contribution is 9.10. The van der Waals surface area contributed by atoms with Crippen LogP contribution in [0.3, 0.4) is 0 Å². The fourth-order valence-corrected chi connectivity index (χ4v) is 3.10. The van der Waals surface area contributed by atoms with Crippen LogP contribution in [0.4, 0.5) is 0 Å². The molecule has 0 spiro atoms. The smallest absolute Gasteiger partial charge is 0.220 e. The minimum absolute atomic E-state index is 0.0293. The lowest BCUT2D eigenvalue weighted by molar-refractivity contribution is -0.121. The number of pyridine rings is 1. The first kappa shape index (κ1) is 17.4. The Bertz CT molecular complexity index is 875. The predicted molar refractivity (Wildman–Crippen MR) is 101 cm³/mol. The standard InChI is InChI=1S/C19H19BrN4O/c1-24-18(8-9-23-24)16-10-14(11-21-13-16)12-22-19(25)7-6-15-4-2-3-5-17(15)20/h2-5,8-11,13H,6-7,12H2,1H3,(H,22,25). The van der Waals surface area contributed by atoms with Gasteiger partial charge < -0.3 is 5.32 Å². The topological polar surface area (TPSA) is 59.8 Å². The number of carbonyl (C=O) groups is 1. The molecule has 0 radical (unpaired) electrons. The number of hydrogen-bond donors (Lipinski definition) is 1. The van der Waals surface area contributed by atoms with Gasteiger partial charge in [-0.05, 0) is 35.7 Å². The van der Waals surface area contributed by atoms with Crippen LogP contribution in [0.2, 0.25) is 0 Å². The van der Waals surface area contributed by atoms with Crippen molar-refractivity contribution in [1.82, 2.24) is 20.1 Å². The first-order valence-electron chi connectivity index (χ1n) is 8.06. The average Bonchev–Trinajstić information content (AvgIpc) is 3.05. The van der Waals surface area contributed by atoms with E-state index in [4.69, 9.17) is 0 Å². The molecule has 5 nitrogen and oxygen atoms in total. The zero-order chi connectivity index (χ0) is 17.6. The summed E-state index contributed by atoms with van der Waals surface area (Å²) in [5.74, 6) is 0.0293. The minimum atomic E-state index is 0.0293. The van der Waals surface area contributed by atoms with Crippen LogP contribution in [0, 0.1) is 0 Å². The van der Waals surface area contributed by atoms with E-state index in [-0.39, 0.29) is 5.91 Å². The fraction of sp³-hybridized carbons (Fsp3) is 0.211. The third-order valence-electron chi connectivity index (χ3n) is 3.98. The number of hydrogen-bond acceptors (Lipinski definition) is 3. The van der Waals surface area contributed by atoms with Crippen molar-refractivity contribution in [3.63, 3.8) is 0 Å². The average molecular weight is 399 g/mol. The normalized spacial score (nSPS) is 10.6. The first-order valence-corrected chi connectivity index (χ1v) is 8.85. The minimum Gasteiger partial charge on any atom is -0.352 e. The van der Waals surface area contributed by atoms with Crippen LogP contribution in [-0.4, -0.2) is 20.7 Å². The molecule has 2 aromatic heterocycles. The van der Waals surface area contributed by atoms with Crippen molar-refractivity contribution in [2.45, 2.75) is 19.4 Å². The summed E-state index contributed by atoms with van der Waals surface area (Å²) >= 11 is 3.51. The highest BCUT2D eigenvalue weighted by Gasteiger charge is 2.07. The summed E-state index contributed by atoms with van der Waals surface area (Å²) in [4.78, 5) is 16.4. The van der Waals surface area contributed by atoms with E-state index >= 15 is 0 Å². The van der Waals surface area contributed by atoms with E-state index in [1.807, 2.05) is 43.4 Å². The maximum Gasteiger partial charge on any atom is 0.220 e. The van der Waals surface area contributed by atoms with Gasteiger partial charge in [0.2, 0.25) is 5.91 Å². The van der Waals surface area contributed by atoms with Crippen LogP contribution in [0.5, 0.6) is 0 Å². The van der Waals surface area contributed by atoms with Gasteiger partial charge in [-0.25, -0.2) is 0 Å². The molecule has 0 fully saturated rings. The number of amides is 1. The van der Waals surface area contributed by atoms with Crippen molar-refractivity contribution in [1.29, 1.82) is 0 Å². The largest absolute Gasteiger partial charge is 0.352 e. The molecule has 3 aromatic rings. The molecule has 25 heavy (non-hydrogen) atoms. The molecule has 0 saturated heterocycles. The van der Waals surface area contributed by atoms with Crippen molar-refractivity contribution in [2.24, 2.45) is 7.05 Å². The molecular formula is C19H19BrN4O. The predicted octanol–water partition coefficient (Wildman–Crippen LogP) is 3.49. The molecule has 2 heterocycles. The molecule has 0 atom stereocenters. The van der Waals surface area contributed by atoms with Gasteiger partial charge in [0, 0.05) is 48.6 Å². The second-order valence-electron chi connectivity index (χ2n) is 5.79. The number of nitrogens with zero attached hydrogens (tertiary/aromatic N) is 3. The maximum atomic E-state index is 12.1. The van der Waals surface area contributed by atoms with Crippen LogP contribution in [0.25, 0.3) is 11.3 Å². The highest BCUT2D eigenvalue weighted by atomic mass is 79.9. The van der Waals surface area contributed by atoms with Crippen LogP contribution in [0.15, 0.2) is 59.5 Å². The Kier molecular flexibility index (Phi) is 5.60. The second kappa shape index (κ2) is 8.07. The van der Waals surface area contributed by atoms with Crippen LogP contribution in [-0.2, 0) is 24.8 Å². The Balaban J connectivity index is 1.56. The van der Waals surface area contributed by atoms with E-state index in [9.17, 15) is 4.79 Å². The number of halogens is 1. The van der Waals surface area contributed by atoms with Gasteiger partial charge in [-0.15, -0.1) is 0 Å². The third-order valence-corrected chi connectivity index (χ3v) is 4.75.